The van der Waals surface area contributed by atoms with Gasteiger partial charge in [0, 0.05) is 18.0 Å². The largest absolute Gasteiger partial charge is 0.328 e. The fraction of sp³-hybridized carbons (Fsp3) is 0.500. The molecule has 0 N–H and O–H groups in total. The Morgan fingerprint density at radius 3 is 2.84 bits per heavy atom. The van der Waals surface area contributed by atoms with E-state index < -0.39 is 0 Å². The predicted octanol–water partition coefficient (Wildman–Crippen LogP) is 3.11. The molecule has 0 aliphatic heterocycles. The van der Waals surface area contributed by atoms with Gasteiger partial charge in [-0.15, -0.1) is 0 Å². The molecule has 0 radical (unpaired) electrons. The lowest BCUT2D eigenvalue weighted by atomic mass is 10.3. The Morgan fingerprint density at radius 2 is 2.16 bits per heavy atom. The van der Waals surface area contributed by atoms with Crippen LogP contribution >= 0.6 is 24.2 Å². The van der Waals surface area contributed by atoms with Gasteiger partial charge in [-0.3, -0.25) is 0 Å². The number of fused-ring (bicyclic) bond motifs is 1. The zero-order valence-electron chi connectivity index (χ0n) is 11.4. The first-order valence-electron chi connectivity index (χ1n) is 6.52. The van der Waals surface area contributed by atoms with Crippen molar-refractivity contribution in [2.24, 2.45) is 0 Å². The second kappa shape index (κ2) is 6.64. The van der Waals surface area contributed by atoms with Gasteiger partial charge in [0.25, 0.3) is 0 Å². The van der Waals surface area contributed by atoms with Gasteiger partial charge in [-0.2, -0.15) is 12.6 Å². The van der Waals surface area contributed by atoms with Crippen molar-refractivity contribution in [2.75, 3.05) is 26.4 Å². The second-order valence-corrected chi connectivity index (χ2v) is 5.83. The van der Waals surface area contributed by atoms with Gasteiger partial charge in [0.2, 0.25) is 0 Å². The Balaban J connectivity index is 2.29. The van der Waals surface area contributed by atoms with Crippen molar-refractivity contribution in [3.63, 3.8) is 0 Å². The zero-order chi connectivity index (χ0) is 13.8. The van der Waals surface area contributed by atoms with Crippen LogP contribution < -0.4 is 0 Å². The summed E-state index contributed by atoms with van der Waals surface area (Å²) in [6.07, 6.45) is 2.00. The van der Waals surface area contributed by atoms with E-state index in [1.54, 1.807) is 0 Å². The Hall–Kier alpha value is -0.710. The molecule has 0 saturated carbocycles. The minimum absolute atomic E-state index is 0.739. The van der Waals surface area contributed by atoms with Gasteiger partial charge in [0.15, 0.2) is 0 Å². The van der Waals surface area contributed by atoms with E-state index >= 15 is 0 Å². The van der Waals surface area contributed by atoms with E-state index in [1.165, 1.54) is 5.52 Å². The number of aromatic nitrogens is 2. The van der Waals surface area contributed by atoms with Crippen LogP contribution in [0.1, 0.15) is 12.2 Å². The molecule has 0 saturated heterocycles. The summed E-state index contributed by atoms with van der Waals surface area (Å²) < 4.78 is 2.30. The van der Waals surface area contributed by atoms with Gasteiger partial charge >= 0.3 is 0 Å². The smallest absolute Gasteiger partial charge is 0.110 e. The summed E-state index contributed by atoms with van der Waals surface area (Å²) >= 11 is 10.3. The van der Waals surface area contributed by atoms with Crippen LogP contribution in [0.2, 0.25) is 5.02 Å². The summed E-state index contributed by atoms with van der Waals surface area (Å²) in [7, 11) is 4.20. The van der Waals surface area contributed by atoms with Crippen molar-refractivity contribution in [3.8, 4) is 0 Å². The third-order valence-corrected chi connectivity index (χ3v) is 3.57. The Bertz CT molecular complexity index is 551. The van der Waals surface area contributed by atoms with Gasteiger partial charge in [0.1, 0.15) is 5.82 Å². The quantitative estimate of drug-likeness (QED) is 0.827. The van der Waals surface area contributed by atoms with E-state index in [0.29, 0.717) is 0 Å². The molecule has 1 aromatic heterocycles. The zero-order valence-corrected chi connectivity index (χ0v) is 13.1. The van der Waals surface area contributed by atoms with Crippen LogP contribution in [0.15, 0.2) is 18.2 Å². The lowest BCUT2D eigenvalue weighted by Gasteiger charge is -2.12. The first kappa shape index (κ1) is 14.7. The van der Waals surface area contributed by atoms with Crippen molar-refractivity contribution >= 4 is 35.3 Å². The summed E-state index contributed by atoms with van der Waals surface area (Å²) in [4.78, 5) is 6.88. The number of rotatable bonds is 6. The van der Waals surface area contributed by atoms with E-state index in [9.17, 15) is 0 Å². The lowest BCUT2D eigenvalue weighted by Crippen LogP contribution is -2.16. The van der Waals surface area contributed by atoms with Gasteiger partial charge in [0.05, 0.1) is 11.0 Å². The van der Waals surface area contributed by atoms with E-state index in [2.05, 4.69) is 47.2 Å². The topological polar surface area (TPSA) is 21.1 Å². The molecule has 0 amide bonds. The van der Waals surface area contributed by atoms with Crippen LogP contribution in [-0.4, -0.2) is 40.8 Å². The van der Waals surface area contributed by atoms with Crippen molar-refractivity contribution in [3.05, 3.63) is 29.0 Å². The molecule has 3 nitrogen and oxygen atoms in total. The predicted molar refractivity (Wildman–Crippen MR) is 85.5 cm³/mol. The average molecular weight is 298 g/mol. The molecule has 2 rings (SSSR count). The van der Waals surface area contributed by atoms with E-state index in [4.69, 9.17) is 11.6 Å². The highest BCUT2D eigenvalue weighted by molar-refractivity contribution is 7.80. The normalized spacial score (nSPS) is 11.6. The number of hydrogen-bond donors (Lipinski definition) is 1. The van der Waals surface area contributed by atoms with Gasteiger partial charge in [-0.25, -0.2) is 4.98 Å². The molecule has 5 heteroatoms. The minimum atomic E-state index is 0.739. The van der Waals surface area contributed by atoms with Crippen molar-refractivity contribution in [1.29, 1.82) is 0 Å². The molecule has 0 aliphatic carbocycles. The summed E-state index contributed by atoms with van der Waals surface area (Å²) in [5.74, 6) is 1.91. The van der Waals surface area contributed by atoms with Gasteiger partial charge in [-0.05, 0) is 51.0 Å². The minimum Gasteiger partial charge on any atom is -0.328 e. The summed E-state index contributed by atoms with van der Waals surface area (Å²) in [5, 5.41) is 0.739. The molecule has 0 bridgehead atoms. The second-order valence-electron chi connectivity index (χ2n) is 4.94. The molecule has 0 aliphatic rings. The van der Waals surface area contributed by atoms with Gasteiger partial charge < -0.3 is 9.47 Å². The van der Waals surface area contributed by atoms with Crippen LogP contribution in [0, 0.1) is 0 Å². The monoisotopic (exact) mass is 297 g/mol. The first-order valence-corrected chi connectivity index (χ1v) is 7.53. The Morgan fingerprint density at radius 1 is 1.37 bits per heavy atom. The summed E-state index contributed by atoms with van der Waals surface area (Å²) in [6, 6.07) is 5.92. The molecular weight excluding hydrogens is 278 g/mol. The standard InChI is InChI=1S/C14H20ClN3S/c1-17(2)7-3-8-18-13-5-4-11(15)10-12(13)16-14(18)6-9-19/h4-5,10,19H,3,6-9H2,1-2H3. The van der Waals surface area contributed by atoms with Crippen LogP contribution in [0.5, 0.6) is 0 Å². The number of halogens is 1. The molecule has 1 aromatic carbocycles. The summed E-state index contributed by atoms with van der Waals surface area (Å²) in [5.41, 5.74) is 2.15. The van der Waals surface area contributed by atoms with E-state index in [1.807, 2.05) is 12.1 Å². The highest BCUT2D eigenvalue weighted by atomic mass is 35.5. The molecule has 1 heterocycles. The summed E-state index contributed by atoms with van der Waals surface area (Å²) in [6.45, 7) is 2.06. The molecule has 0 unspecified atom stereocenters. The number of imidazole rings is 1. The fourth-order valence-corrected chi connectivity index (χ4v) is 2.60. The van der Waals surface area contributed by atoms with Crippen LogP contribution in [0.3, 0.4) is 0 Å². The number of hydrogen-bond acceptors (Lipinski definition) is 3. The van der Waals surface area contributed by atoms with Crippen molar-refractivity contribution < 1.29 is 0 Å². The maximum absolute atomic E-state index is 6.03. The number of nitrogens with zero attached hydrogens (tertiary/aromatic N) is 3. The first-order chi connectivity index (χ1) is 9.11. The SMILES string of the molecule is CN(C)CCCn1c(CCS)nc2cc(Cl)ccc21. The highest BCUT2D eigenvalue weighted by Gasteiger charge is 2.10. The van der Waals surface area contributed by atoms with E-state index in [0.717, 1.165) is 48.0 Å². The molecule has 0 spiro atoms. The third-order valence-electron chi connectivity index (χ3n) is 3.11. The number of aryl methyl sites for hydroxylation is 2. The maximum Gasteiger partial charge on any atom is 0.110 e. The lowest BCUT2D eigenvalue weighted by molar-refractivity contribution is 0.386. The Labute approximate surface area is 125 Å². The fourth-order valence-electron chi connectivity index (χ4n) is 2.24. The molecule has 19 heavy (non-hydrogen) atoms. The molecular formula is C14H20ClN3S. The molecule has 2 aromatic rings. The average Bonchev–Trinajstić information content (AvgIpc) is 2.66. The van der Waals surface area contributed by atoms with Crippen molar-refractivity contribution in [1.82, 2.24) is 14.5 Å². The number of benzene rings is 1. The molecule has 0 atom stereocenters. The van der Waals surface area contributed by atoms with Crippen LogP contribution in [-0.2, 0) is 13.0 Å². The van der Waals surface area contributed by atoms with Crippen LogP contribution in [0.25, 0.3) is 11.0 Å². The highest BCUT2D eigenvalue weighted by Crippen LogP contribution is 2.21. The Kier molecular flexibility index (Phi) is 5.13. The van der Waals surface area contributed by atoms with Crippen LogP contribution in [0.4, 0.5) is 0 Å². The number of thiol groups is 1. The maximum atomic E-state index is 6.03. The van der Waals surface area contributed by atoms with Crippen molar-refractivity contribution in [2.45, 2.75) is 19.4 Å². The van der Waals surface area contributed by atoms with Gasteiger partial charge in [-0.1, -0.05) is 11.6 Å². The van der Waals surface area contributed by atoms with E-state index in [-0.39, 0.29) is 0 Å². The third kappa shape index (κ3) is 3.65. The molecule has 0 fully saturated rings. The molecule has 104 valence electrons.